The van der Waals surface area contributed by atoms with Crippen LogP contribution in [0.3, 0.4) is 0 Å². The number of halogens is 1. The number of nitrogens with one attached hydrogen (secondary N) is 2. The minimum Gasteiger partial charge on any atom is -0.495 e. The standard InChI is InChI=1S/C16H17FN2O5S/c1-23-14-6-4-10(8-12(14)17)16(20)18-11-5-7-15(24-2)13(9-11)19-25(3,21)22/h4-9,19H,1-3H3,(H,18,20). The zero-order valence-corrected chi connectivity index (χ0v) is 14.6. The van der Waals surface area contributed by atoms with Crippen LogP contribution >= 0.6 is 0 Å². The Hall–Kier alpha value is -2.81. The van der Waals surface area contributed by atoms with Crippen LogP contribution in [-0.4, -0.2) is 34.8 Å². The highest BCUT2D eigenvalue weighted by molar-refractivity contribution is 7.92. The molecule has 134 valence electrons. The number of ether oxygens (including phenoxy) is 2. The first-order valence-corrected chi connectivity index (χ1v) is 8.93. The molecule has 0 aliphatic heterocycles. The summed E-state index contributed by atoms with van der Waals surface area (Å²) in [6.07, 6.45) is 0.998. The first kappa shape index (κ1) is 18.5. The van der Waals surface area contributed by atoms with Gasteiger partial charge in [0, 0.05) is 11.3 Å². The number of rotatable bonds is 6. The maximum Gasteiger partial charge on any atom is 0.255 e. The van der Waals surface area contributed by atoms with Crippen molar-refractivity contribution in [3.8, 4) is 11.5 Å². The summed E-state index contributed by atoms with van der Waals surface area (Å²) in [5, 5.41) is 2.56. The number of benzene rings is 2. The van der Waals surface area contributed by atoms with Gasteiger partial charge in [-0.3, -0.25) is 9.52 Å². The van der Waals surface area contributed by atoms with Crippen LogP contribution in [0.2, 0.25) is 0 Å². The summed E-state index contributed by atoms with van der Waals surface area (Å²) < 4.78 is 48.7. The fourth-order valence-corrected chi connectivity index (χ4v) is 2.64. The van der Waals surface area contributed by atoms with Gasteiger partial charge in [0.1, 0.15) is 5.75 Å². The molecule has 0 saturated heterocycles. The van der Waals surface area contributed by atoms with Crippen LogP contribution in [0.15, 0.2) is 36.4 Å². The molecule has 7 nitrogen and oxygen atoms in total. The van der Waals surface area contributed by atoms with Gasteiger partial charge in [-0.15, -0.1) is 0 Å². The monoisotopic (exact) mass is 368 g/mol. The van der Waals surface area contributed by atoms with Crippen molar-refractivity contribution in [1.29, 1.82) is 0 Å². The molecule has 2 aromatic rings. The average Bonchev–Trinajstić information content (AvgIpc) is 2.53. The van der Waals surface area contributed by atoms with Crippen molar-refractivity contribution >= 4 is 27.3 Å². The maximum absolute atomic E-state index is 13.7. The number of carbonyl (C=O) groups excluding carboxylic acids is 1. The molecule has 1 amide bonds. The molecule has 2 rings (SSSR count). The number of amides is 1. The quantitative estimate of drug-likeness (QED) is 0.817. The SMILES string of the molecule is COc1ccc(C(=O)Nc2ccc(OC)c(NS(C)(=O)=O)c2)cc1F. The van der Waals surface area contributed by atoms with Crippen LogP contribution in [0.4, 0.5) is 15.8 Å². The van der Waals surface area contributed by atoms with Crippen molar-refractivity contribution in [2.45, 2.75) is 0 Å². The van der Waals surface area contributed by atoms with E-state index >= 15 is 0 Å². The molecule has 0 atom stereocenters. The van der Waals surface area contributed by atoms with Crippen molar-refractivity contribution in [2.75, 3.05) is 30.5 Å². The minimum atomic E-state index is -3.53. The van der Waals surface area contributed by atoms with E-state index in [1.807, 2.05) is 0 Å². The third kappa shape index (κ3) is 4.83. The predicted octanol–water partition coefficient (Wildman–Crippen LogP) is 2.47. The zero-order valence-electron chi connectivity index (χ0n) is 13.8. The lowest BCUT2D eigenvalue weighted by molar-refractivity contribution is 0.102. The molecule has 0 radical (unpaired) electrons. The van der Waals surface area contributed by atoms with E-state index in [0.29, 0.717) is 11.4 Å². The van der Waals surface area contributed by atoms with E-state index in [-0.39, 0.29) is 17.0 Å². The second-order valence-electron chi connectivity index (χ2n) is 5.09. The van der Waals surface area contributed by atoms with Crippen LogP contribution in [-0.2, 0) is 10.0 Å². The van der Waals surface area contributed by atoms with E-state index in [2.05, 4.69) is 10.0 Å². The van der Waals surface area contributed by atoms with Gasteiger partial charge < -0.3 is 14.8 Å². The van der Waals surface area contributed by atoms with Gasteiger partial charge in [0.25, 0.3) is 5.91 Å². The maximum atomic E-state index is 13.7. The third-order valence-electron chi connectivity index (χ3n) is 3.17. The molecule has 2 N–H and O–H groups in total. The first-order valence-electron chi connectivity index (χ1n) is 7.04. The van der Waals surface area contributed by atoms with Crippen molar-refractivity contribution in [3.63, 3.8) is 0 Å². The average molecular weight is 368 g/mol. The van der Waals surface area contributed by atoms with Crippen LogP contribution in [0, 0.1) is 5.82 Å². The van der Waals surface area contributed by atoms with Crippen molar-refractivity contribution in [3.05, 3.63) is 47.8 Å². The number of carbonyl (C=O) groups is 1. The van der Waals surface area contributed by atoms with Gasteiger partial charge in [0.2, 0.25) is 10.0 Å². The Labute approximate surface area is 144 Å². The molecular formula is C16H17FN2O5S. The molecular weight excluding hydrogens is 351 g/mol. The van der Waals surface area contributed by atoms with Gasteiger partial charge in [0.05, 0.1) is 26.2 Å². The van der Waals surface area contributed by atoms with Crippen LogP contribution in [0.5, 0.6) is 11.5 Å². The molecule has 0 aliphatic carbocycles. The van der Waals surface area contributed by atoms with E-state index in [1.165, 1.54) is 44.6 Å². The van der Waals surface area contributed by atoms with Gasteiger partial charge in [-0.2, -0.15) is 0 Å². The molecule has 0 heterocycles. The zero-order chi connectivity index (χ0) is 18.6. The number of sulfonamides is 1. The Morgan fingerprint density at radius 2 is 1.68 bits per heavy atom. The van der Waals surface area contributed by atoms with E-state index < -0.39 is 21.7 Å². The van der Waals surface area contributed by atoms with E-state index in [4.69, 9.17) is 9.47 Å². The predicted molar refractivity (Wildman–Crippen MR) is 92.4 cm³/mol. The smallest absolute Gasteiger partial charge is 0.255 e. The fourth-order valence-electron chi connectivity index (χ4n) is 2.08. The normalized spacial score (nSPS) is 10.9. The Balaban J connectivity index is 2.26. The molecule has 0 unspecified atom stereocenters. The minimum absolute atomic E-state index is 0.0284. The Kier molecular flexibility index (Phi) is 5.48. The molecule has 0 spiro atoms. The van der Waals surface area contributed by atoms with Gasteiger partial charge in [0.15, 0.2) is 11.6 Å². The Morgan fingerprint density at radius 3 is 2.24 bits per heavy atom. The fraction of sp³-hybridized carbons (Fsp3) is 0.188. The topological polar surface area (TPSA) is 93.7 Å². The lowest BCUT2D eigenvalue weighted by Gasteiger charge is -2.12. The number of hydrogen-bond acceptors (Lipinski definition) is 5. The lowest BCUT2D eigenvalue weighted by atomic mass is 10.2. The third-order valence-corrected chi connectivity index (χ3v) is 3.76. The Morgan fingerprint density at radius 1 is 1.04 bits per heavy atom. The summed E-state index contributed by atoms with van der Waals surface area (Å²) in [6.45, 7) is 0. The summed E-state index contributed by atoms with van der Waals surface area (Å²) in [7, 11) is -0.811. The van der Waals surface area contributed by atoms with Crippen LogP contribution in [0.25, 0.3) is 0 Å². The van der Waals surface area contributed by atoms with Crippen LogP contribution in [0.1, 0.15) is 10.4 Å². The molecule has 0 saturated carbocycles. The number of methoxy groups -OCH3 is 2. The van der Waals surface area contributed by atoms with Crippen molar-refractivity contribution in [2.24, 2.45) is 0 Å². The molecule has 0 aliphatic rings. The van der Waals surface area contributed by atoms with E-state index in [0.717, 1.165) is 12.3 Å². The van der Waals surface area contributed by atoms with Gasteiger partial charge >= 0.3 is 0 Å². The first-order chi connectivity index (χ1) is 11.7. The van der Waals surface area contributed by atoms with Gasteiger partial charge in [-0.05, 0) is 36.4 Å². The Bertz CT molecular complexity index is 899. The summed E-state index contributed by atoms with van der Waals surface area (Å²) >= 11 is 0. The van der Waals surface area contributed by atoms with Crippen molar-refractivity contribution in [1.82, 2.24) is 0 Å². The molecule has 0 bridgehead atoms. The van der Waals surface area contributed by atoms with Gasteiger partial charge in [-0.1, -0.05) is 0 Å². The highest BCUT2D eigenvalue weighted by Crippen LogP contribution is 2.29. The molecule has 0 fully saturated rings. The second kappa shape index (κ2) is 7.39. The largest absolute Gasteiger partial charge is 0.495 e. The number of hydrogen-bond donors (Lipinski definition) is 2. The summed E-state index contributed by atoms with van der Waals surface area (Å²) in [4.78, 5) is 12.2. The second-order valence-corrected chi connectivity index (χ2v) is 6.84. The molecule has 25 heavy (non-hydrogen) atoms. The highest BCUT2D eigenvalue weighted by atomic mass is 32.2. The van der Waals surface area contributed by atoms with Gasteiger partial charge in [-0.25, -0.2) is 12.8 Å². The number of anilines is 2. The highest BCUT2D eigenvalue weighted by Gasteiger charge is 2.13. The molecule has 9 heteroatoms. The van der Waals surface area contributed by atoms with E-state index in [9.17, 15) is 17.6 Å². The van der Waals surface area contributed by atoms with E-state index in [1.54, 1.807) is 0 Å². The summed E-state index contributed by atoms with van der Waals surface area (Å²) in [5.74, 6) is -0.902. The lowest BCUT2D eigenvalue weighted by Crippen LogP contribution is -2.14. The molecule has 2 aromatic carbocycles. The summed E-state index contributed by atoms with van der Waals surface area (Å²) in [6, 6.07) is 8.23. The van der Waals surface area contributed by atoms with Crippen molar-refractivity contribution < 1.29 is 27.1 Å². The molecule has 0 aromatic heterocycles. The van der Waals surface area contributed by atoms with Crippen LogP contribution < -0.4 is 19.5 Å². The summed E-state index contributed by atoms with van der Waals surface area (Å²) in [5.41, 5.74) is 0.573.